The maximum Gasteiger partial charge on any atom is 0.335 e. The molecule has 2 amide bonds. The van der Waals surface area contributed by atoms with Gasteiger partial charge in [-0.1, -0.05) is 33.6 Å². The van der Waals surface area contributed by atoms with E-state index < -0.39 is 17.8 Å². The van der Waals surface area contributed by atoms with Crippen molar-refractivity contribution in [1.82, 2.24) is 5.32 Å². The van der Waals surface area contributed by atoms with Crippen molar-refractivity contribution in [2.45, 2.75) is 0 Å². The summed E-state index contributed by atoms with van der Waals surface area (Å²) < 4.78 is 6.47. The van der Waals surface area contributed by atoms with Gasteiger partial charge in [-0.15, -0.1) is 0 Å². The molecule has 3 aromatic rings. The number of thiocarbonyl (C=S) groups is 1. The van der Waals surface area contributed by atoms with E-state index in [1.165, 1.54) is 29.2 Å². The summed E-state index contributed by atoms with van der Waals surface area (Å²) in [4.78, 5) is 38.0. The standard InChI is InChI=1S/C22H12BrClN2O5S/c23-12-2-1-3-13(9-12)26-20(28)16(19(27)25-22(26)32)10-14-5-7-18(31-14)15-8-11(21(29)30)4-6-17(15)24/h1-10H,(H,29,30)(H,25,27,32)/b16-10+. The van der Waals surface area contributed by atoms with Crippen molar-refractivity contribution < 1.29 is 23.9 Å². The van der Waals surface area contributed by atoms with E-state index in [9.17, 15) is 19.5 Å². The van der Waals surface area contributed by atoms with Gasteiger partial charge in [0.1, 0.15) is 17.1 Å². The molecule has 0 atom stereocenters. The van der Waals surface area contributed by atoms with E-state index in [1.54, 1.807) is 36.4 Å². The molecule has 1 fully saturated rings. The van der Waals surface area contributed by atoms with E-state index in [2.05, 4.69) is 21.2 Å². The van der Waals surface area contributed by atoms with E-state index in [0.717, 1.165) is 4.47 Å². The van der Waals surface area contributed by atoms with Crippen LogP contribution in [0.3, 0.4) is 0 Å². The lowest BCUT2D eigenvalue weighted by molar-refractivity contribution is -0.122. The summed E-state index contributed by atoms with van der Waals surface area (Å²) in [6.45, 7) is 0. The van der Waals surface area contributed by atoms with Crippen LogP contribution in [0.5, 0.6) is 0 Å². The van der Waals surface area contributed by atoms with Crippen LogP contribution in [-0.2, 0) is 9.59 Å². The Hall–Kier alpha value is -3.27. The van der Waals surface area contributed by atoms with Gasteiger partial charge in [-0.2, -0.15) is 0 Å². The monoisotopic (exact) mass is 530 g/mol. The molecule has 2 aromatic carbocycles. The van der Waals surface area contributed by atoms with Crippen molar-refractivity contribution in [3.63, 3.8) is 0 Å². The average molecular weight is 532 g/mol. The van der Waals surface area contributed by atoms with Crippen LogP contribution in [0.4, 0.5) is 5.69 Å². The summed E-state index contributed by atoms with van der Waals surface area (Å²) in [5, 5.41) is 12.0. The molecule has 1 aliphatic rings. The second-order valence-electron chi connectivity index (χ2n) is 6.64. The van der Waals surface area contributed by atoms with Gasteiger partial charge in [-0.3, -0.25) is 19.8 Å². The molecule has 1 aliphatic heterocycles. The van der Waals surface area contributed by atoms with Crippen molar-refractivity contribution >= 4 is 74.4 Å². The van der Waals surface area contributed by atoms with Gasteiger partial charge in [0.05, 0.1) is 16.3 Å². The molecule has 10 heteroatoms. The summed E-state index contributed by atoms with van der Waals surface area (Å²) in [6, 6.07) is 14.2. The first kappa shape index (κ1) is 21.9. The Morgan fingerprint density at radius 1 is 1.16 bits per heavy atom. The molecule has 0 unspecified atom stereocenters. The Balaban J connectivity index is 1.70. The molecular weight excluding hydrogens is 520 g/mol. The molecule has 4 rings (SSSR count). The molecule has 32 heavy (non-hydrogen) atoms. The van der Waals surface area contributed by atoms with Gasteiger partial charge in [0.2, 0.25) is 0 Å². The average Bonchev–Trinajstić information content (AvgIpc) is 3.19. The van der Waals surface area contributed by atoms with Crippen LogP contribution in [0, 0.1) is 0 Å². The van der Waals surface area contributed by atoms with Crippen LogP contribution in [-0.4, -0.2) is 28.0 Å². The molecule has 0 aliphatic carbocycles. The lowest BCUT2D eigenvalue weighted by Gasteiger charge is -2.28. The smallest absolute Gasteiger partial charge is 0.335 e. The molecule has 0 radical (unpaired) electrons. The number of nitrogens with one attached hydrogen (secondary N) is 1. The Bertz CT molecular complexity index is 1330. The first-order valence-electron chi connectivity index (χ1n) is 9.04. The Morgan fingerprint density at radius 3 is 2.66 bits per heavy atom. The predicted molar refractivity (Wildman–Crippen MR) is 126 cm³/mol. The molecule has 7 nitrogen and oxygen atoms in total. The number of carboxylic acid groups (broad SMARTS) is 1. The third kappa shape index (κ3) is 4.22. The number of carbonyl (C=O) groups is 3. The summed E-state index contributed by atoms with van der Waals surface area (Å²) in [6.07, 6.45) is 1.29. The fourth-order valence-corrected chi connectivity index (χ4v) is 3.95. The van der Waals surface area contributed by atoms with Gasteiger partial charge in [-0.25, -0.2) is 4.79 Å². The minimum absolute atomic E-state index is 0.0346. The number of carbonyl (C=O) groups excluding carboxylic acids is 2. The molecule has 2 N–H and O–H groups in total. The number of anilines is 1. The second kappa shape index (κ2) is 8.70. The van der Waals surface area contributed by atoms with Gasteiger partial charge in [0.25, 0.3) is 11.8 Å². The minimum atomic E-state index is -1.11. The number of furan rings is 1. The highest BCUT2D eigenvalue weighted by atomic mass is 79.9. The third-order valence-corrected chi connectivity index (χ3v) is 5.67. The summed E-state index contributed by atoms with van der Waals surface area (Å²) in [5.74, 6) is -1.88. The number of carboxylic acids is 1. The number of hydrogen-bond donors (Lipinski definition) is 2. The number of benzene rings is 2. The lowest BCUT2D eigenvalue weighted by Crippen LogP contribution is -2.54. The normalized spacial score (nSPS) is 15.2. The van der Waals surface area contributed by atoms with E-state index in [4.69, 9.17) is 28.2 Å². The van der Waals surface area contributed by atoms with E-state index >= 15 is 0 Å². The quantitative estimate of drug-likeness (QED) is 0.282. The minimum Gasteiger partial charge on any atom is -0.478 e. The number of aromatic carboxylic acids is 1. The van der Waals surface area contributed by atoms with E-state index in [0.29, 0.717) is 16.3 Å². The second-order valence-corrected chi connectivity index (χ2v) is 8.35. The van der Waals surface area contributed by atoms with Crippen LogP contribution in [0.1, 0.15) is 16.1 Å². The van der Waals surface area contributed by atoms with Crippen molar-refractivity contribution in [1.29, 1.82) is 0 Å². The zero-order valence-corrected chi connectivity index (χ0v) is 19.1. The fourth-order valence-electron chi connectivity index (χ4n) is 3.07. The fraction of sp³-hybridized carbons (Fsp3) is 0. The van der Waals surface area contributed by atoms with Crippen LogP contribution >= 0.6 is 39.7 Å². The van der Waals surface area contributed by atoms with Gasteiger partial charge in [0.15, 0.2) is 5.11 Å². The van der Waals surface area contributed by atoms with Crippen LogP contribution in [0.25, 0.3) is 17.4 Å². The first-order valence-corrected chi connectivity index (χ1v) is 10.6. The Labute approximate surface area is 200 Å². The molecule has 0 bridgehead atoms. The molecule has 1 saturated heterocycles. The Morgan fingerprint density at radius 2 is 1.94 bits per heavy atom. The largest absolute Gasteiger partial charge is 0.478 e. The van der Waals surface area contributed by atoms with Crippen LogP contribution in [0.2, 0.25) is 5.02 Å². The molecule has 0 saturated carbocycles. The highest BCUT2D eigenvalue weighted by Crippen LogP contribution is 2.32. The van der Waals surface area contributed by atoms with E-state index in [-0.39, 0.29) is 27.8 Å². The highest BCUT2D eigenvalue weighted by molar-refractivity contribution is 9.10. The van der Waals surface area contributed by atoms with Crippen molar-refractivity contribution in [2.75, 3.05) is 4.90 Å². The van der Waals surface area contributed by atoms with Crippen LogP contribution < -0.4 is 10.2 Å². The number of halogens is 2. The molecule has 1 aromatic heterocycles. The lowest BCUT2D eigenvalue weighted by atomic mass is 10.1. The van der Waals surface area contributed by atoms with Gasteiger partial charge >= 0.3 is 5.97 Å². The first-order chi connectivity index (χ1) is 15.2. The zero-order chi connectivity index (χ0) is 23.0. The Kier molecular flexibility index (Phi) is 5.96. The number of amides is 2. The van der Waals surface area contributed by atoms with Crippen molar-refractivity contribution in [2.24, 2.45) is 0 Å². The van der Waals surface area contributed by atoms with E-state index in [1.807, 2.05) is 0 Å². The van der Waals surface area contributed by atoms with Gasteiger partial charge in [0, 0.05) is 10.0 Å². The maximum absolute atomic E-state index is 13.1. The SMILES string of the molecule is O=C1NC(=S)N(c2cccc(Br)c2)C(=O)/C1=C/c1ccc(-c2cc(C(=O)O)ccc2Cl)o1. The summed E-state index contributed by atoms with van der Waals surface area (Å²) in [7, 11) is 0. The van der Waals surface area contributed by atoms with Crippen molar-refractivity contribution in [3.8, 4) is 11.3 Å². The molecular formula is C22H12BrClN2O5S. The van der Waals surface area contributed by atoms with Gasteiger partial charge in [-0.05, 0) is 66.8 Å². The zero-order valence-electron chi connectivity index (χ0n) is 16.0. The highest BCUT2D eigenvalue weighted by Gasteiger charge is 2.34. The maximum atomic E-state index is 13.1. The van der Waals surface area contributed by atoms with Gasteiger partial charge < -0.3 is 9.52 Å². The molecule has 2 heterocycles. The summed E-state index contributed by atoms with van der Waals surface area (Å²) >= 11 is 14.7. The number of nitrogens with zero attached hydrogens (tertiary/aromatic N) is 1. The predicted octanol–water partition coefficient (Wildman–Crippen LogP) is 4.89. The molecule has 160 valence electrons. The third-order valence-electron chi connectivity index (χ3n) is 4.56. The molecule has 0 spiro atoms. The topological polar surface area (TPSA) is 99.9 Å². The number of rotatable bonds is 4. The van der Waals surface area contributed by atoms with Crippen molar-refractivity contribution in [3.05, 3.63) is 81.0 Å². The van der Waals surface area contributed by atoms with Crippen LogP contribution in [0.15, 0.2) is 69.1 Å². The number of hydrogen-bond acceptors (Lipinski definition) is 5. The summed E-state index contributed by atoms with van der Waals surface area (Å²) in [5.41, 5.74) is 0.718.